The van der Waals surface area contributed by atoms with Crippen LogP contribution in [-0.2, 0) is 12.8 Å². The molecule has 20 heavy (non-hydrogen) atoms. The van der Waals surface area contributed by atoms with Crippen LogP contribution in [0.5, 0.6) is 0 Å². The van der Waals surface area contributed by atoms with Crippen molar-refractivity contribution in [3.63, 3.8) is 0 Å². The zero-order valence-electron chi connectivity index (χ0n) is 10.6. The number of benzene rings is 1. The first kappa shape index (κ1) is 13.6. The van der Waals surface area contributed by atoms with E-state index < -0.39 is 0 Å². The van der Waals surface area contributed by atoms with Crippen LogP contribution < -0.4 is 5.32 Å². The molecule has 1 aromatic heterocycles. The number of para-hydroxylation sites is 1. The van der Waals surface area contributed by atoms with Gasteiger partial charge in [0.25, 0.3) is 0 Å². The third-order valence-electron chi connectivity index (χ3n) is 3.38. The molecule has 2 aromatic rings. The van der Waals surface area contributed by atoms with Crippen LogP contribution in [0.1, 0.15) is 23.2 Å². The molecule has 1 aliphatic carbocycles. The fraction of sp³-hybridized carbons (Fsp3) is 0.200. The van der Waals surface area contributed by atoms with Crippen LogP contribution in [0.25, 0.3) is 0 Å². The van der Waals surface area contributed by atoms with Gasteiger partial charge in [-0.2, -0.15) is 5.26 Å². The number of aryl methyl sites for hydroxylation is 2. The Hall–Kier alpha value is -1.38. The Balaban J connectivity index is 2.05. The predicted molar refractivity (Wildman–Crippen MR) is 86.1 cm³/mol. The molecule has 1 aromatic carbocycles. The van der Waals surface area contributed by atoms with E-state index in [0.29, 0.717) is 11.4 Å². The third kappa shape index (κ3) is 2.46. The summed E-state index contributed by atoms with van der Waals surface area (Å²) in [4.78, 5) is 4.63. The summed E-state index contributed by atoms with van der Waals surface area (Å²) >= 11 is 7.02. The molecule has 0 bridgehead atoms. The van der Waals surface area contributed by atoms with Gasteiger partial charge in [0.15, 0.2) is 0 Å². The normalized spacial score (nSPS) is 12.8. The van der Waals surface area contributed by atoms with Crippen LogP contribution in [0.2, 0.25) is 0 Å². The van der Waals surface area contributed by atoms with Gasteiger partial charge in [0.05, 0.1) is 11.3 Å². The SMILES string of the molecule is N#Cc1cc2c(nc1Nc1c(Br)cccc1Br)CCC2. The van der Waals surface area contributed by atoms with Gasteiger partial charge in [0.1, 0.15) is 11.9 Å². The Morgan fingerprint density at radius 3 is 2.65 bits per heavy atom. The quantitative estimate of drug-likeness (QED) is 0.804. The second kappa shape index (κ2) is 5.55. The van der Waals surface area contributed by atoms with Gasteiger partial charge in [-0.15, -0.1) is 0 Å². The maximum Gasteiger partial charge on any atom is 0.148 e. The van der Waals surface area contributed by atoms with E-state index in [2.05, 4.69) is 48.2 Å². The molecule has 100 valence electrons. The highest BCUT2D eigenvalue weighted by atomic mass is 79.9. The van der Waals surface area contributed by atoms with E-state index in [1.165, 1.54) is 5.56 Å². The number of halogens is 2. The summed E-state index contributed by atoms with van der Waals surface area (Å²) in [7, 11) is 0. The molecule has 0 unspecified atom stereocenters. The zero-order valence-corrected chi connectivity index (χ0v) is 13.8. The lowest BCUT2D eigenvalue weighted by Crippen LogP contribution is -2.02. The number of fused-ring (bicyclic) bond motifs is 1. The molecular formula is C15H11Br2N3. The first-order valence-corrected chi connectivity index (χ1v) is 7.91. The minimum atomic E-state index is 0.591. The van der Waals surface area contributed by atoms with Crippen LogP contribution in [0.4, 0.5) is 11.5 Å². The van der Waals surface area contributed by atoms with Crippen LogP contribution in [0, 0.1) is 11.3 Å². The second-order valence-corrected chi connectivity index (χ2v) is 6.39. The minimum absolute atomic E-state index is 0.591. The Labute approximate surface area is 134 Å². The van der Waals surface area contributed by atoms with Crippen LogP contribution in [0.15, 0.2) is 33.2 Å². The van der Waals surface area contributed by atoms with Gasteiger partial charge in [-0.3, -0.25) is 0 Å². The van der Waals surface area contributed by atoms with Gasteiger partial charge in [0.2, 0.25) is 0 Å². The number of pyridine rings is 1. The standard InChI is InChI=1S/C15H11Br2N3/c16-11-4-2-5-12(17)14(11)20-15-10(8-18)7-9-3-1-6-13(9)19-15/h2,4-5,7H,1,3,6H2,(H,19,20). The average Bonchev–Trinajstić information content (AvgIpc) is 2.89. The van der Waals surface area contributed by atoms with E-state index in [0.717, 1.165) is 39.6 Å². The van der Waals surface area contributed by atoms with E-state index in [9.17, 15) is 5.26 Å². The molecule has 0 amide bonds. The number of nitriles is 1. The summed E-state index contributed by atoms with van der Waals surface area (Å²) in [5, 5.41) is 12.6. The number of nitrogens with zero attached hydrogens (tertiary/aromatic N) is 2. The number of anilines is 2. The summed E-state index contributed by atoms with van der Waals surface area (Å²) in [6, 6.07) is 10.0. The lowest BCUT2D eigenvalue weighted by atomic mass is 10.1. The molecule has 1 aliphatic rings. The predicted octanol–water partition coefficient (Wildman–Crippen LogP) is 4.71. The maximum absolute atomic E-state index is 9.31. The third-order valence-corrected chi connectivity index (χ3v) is 4.70. The van der Waals surface area contributed by atoms with Crippen molar-refractivity contribution in [1.29, 1.82) is 5.26 Å². The van der Waals surface area contributed by atoms with Crippen molar-refractivity contribution < 1.29 is 0 Å². The van der Waals surface area contributed by atoms with Gasteiger partial charge in [-0.05, 0) is 74.9 Å². The second-order valence-electron chi connectivity index (χ2n) is 4.68. The lowest BCUT2D eigenvalue weighted by molar-refractivity contribution is 0.900. The summed E-state index contributed by atoms with van der Waals surface area (Å²) in [6.07, 6.45) is 3.14. The molecule has 1 heterocycles. The van der Waals surface area contributed by atoms with E-state index in [1.807, 2.05) is 24.3 Å². The summed E-state index contributed by atoms with van der Waals surface area (Å²) < 4.78 is 1.86. The highest BCUT2D eigenvalue weighted by Gasteiger charge is 2.17. The molecule has 0 atom stereocenters. The van der Waals surface area contributed by atoms with Crippen LogP contribution >= 0.6 is 31.9 Å². The summed E-state index contributed by atoms with van der Waals surface area (Å²) in [5.74, 6) is 0.626. The van der Waals surface area contributed by atoms with Crippen molar-refractivity contribution >= 4 is 43.4 Å². The number of hydrogen-bond donors (Lipinski definition) is 1. The van der Waals surface area contributed by atoms with Crippen molar-refractivity contribution in [2.24, 2.45) is 0 Å². The highest BCUT2D eigenvalue weighted by Crippen LogP contribution is 2.34. The number of nitrogens with one attached hydrogen (secondary N) is 1. The van der Waals surface area contributed by atoms with Crippen LogP contribution in [0.3, 0.4) is 0 Å². The Bertz CT molecular complexity index is 700. The number of aromatic nitrogens is 1. The van der Waals surface area contributed by atoms with Gasteiger partial charge in [0, 0.05) is 14.6 Å². The largest absolute Gasteiger partial charge is 0.337 e. The van der Waals surface area contributed by atoms with E-state index in [-0.39, 0.29) is 0 Å². The Kier molecular flexibility index (Phi) is 3.77. The summed E-state index contributed by atoms with van der Waals surface area (Å²) in [5.41, 5.74) is 3.79. The number of hydrogen-bond acceptors (Lipinski definition) is 3. The smallest absolute Gasteiger partial charge is 0.148 e. The number of rotatable bonds is 2. The fourth-order valence-corrected chi connectivity index (χ4v) is 3.58. The van der Waals surface area contributed by atoms with E-state index in [1.54, 1.807) is 0 Å². The van der Waals surface area contributed by atoms with Crippen molar-refractivity contribution in [3.05, 3.63) is 50.0 Å². The van der Waals surface area contributed by atoms with Crippen molar-refractivity contribution in [2.75, 3.05) is 5.32 Å². The van der Waals surface area contributed by atoms with Gasteiger partial charge in [-0.25, -0.2) is 4.98 Å². The highest BCUT2D eigenvalue weighted by molar-refractivity contribution is 9.11. The van der Waals surface area contributed by atoms with Crippen LogP contribution in [-0.4, -0.2) is 4.98 Å². The molecule has 0 saturated heterocycles. The average molecular weight is 393 g/mol. The molecule has 0 aliphatic heterocycles. The van der Waals surface area contributed by atoms with Gasteiger partial charge >= 0.3 is 0 Å². The molecule has 0 spiro atoms. The molecular weight excluding hydrogens is 382 g/mol. The van der Waals surface area contributed by atoms with Gasteiger partial charge < -0.3 is 5.32 Å². The fourth-order valence-electron chi connectivity index (χ4n) is 2.39. The minimum Gasteiger partial charge on any atom is -0.337 e. The topological polar surface area (TPSA) is 48.7 Å². The molecule has 3 nitrogen and oxygen atoms in total. The van der Waals surface area contributed by atoms with Crippen molar-refractivity contribution in [1.82, 2.24) is 4.98 Å². The first-order valence-electron chi connectivity index (χ1n) is 6.33. The maximum atomic E-state index is 9.31. The Morgan fingerprint density at radius 1 is 1.20 bits per heavy atom. The lowest BCUT2D eigenvalue weighted by Gasteiger charge is -2.12. The Morgan fingerprint density at radius 2 is 1.95 bits per heavy atom. The van der Waals surface area contributed by atoms with Crippen molar-refractivity contribution in [3.8, 4) is 6.07 Å². The van der Waals surface area contributed by atoms with Gasteiger partial charge in [-0.1, -0.05) is 6.07 Å². The molecule has 0 fully saturated rings. The first-order chi connectivity index (χ1) is 9.69. The summed E-state index contributed by atoms with van der Waals surface area (Å²) in [6.45, 7) is 0. The molecule has 3 rings (SSSR count). The van der Waals surface area contributed by atoms with E-state index in [4.69, 9.17) is 0 Å². The molecule has 1 N–H and O–H groups in total. The molecule has 0 saturated carbocycles. The van der Waals surface area contributed by atoms with E-state index >= 15 is 0 Å². The zero-order chi connectivity index (χ0) is 14.1. The monoisotopic (exact) mass is 391 g/mol. The molecule has 0 radical (unpaired) electrons. The molecule has 5 heteroatoms. The van der Waals surface area contributed by atoms with Crippen molar-refractivity contribution in [2.45, 2.75) is 19.3 Å².